The zero-order valence-corrected chi connectivity index (χ0v) is 20.2. The van der Waals surface area contributed by atoms with Crippen LogP contribution in [-0.4, -0.2) is 60.0 Å². The Morgan fingerprint density at radius 3 is 2.74 bits per heavy atom. The molecule has 3 aliphatic rings. The number of fused-ring (bicyclic) bond motifs is 1. The van der Waals surface area contributed by atoms with Crippen LogP contribution in [0.5, 0.6) is 0 Å². The van der Waals surface area contributed by atoms with Gasteiger partial charge in [0.25, 0.3) is 5.91 Å². The lowest BCUT2D eigenvalue weighted by Crippen LogP contribution is -2.43. The molecular weight excluding hydrogens is 451 g/mol. The Morgan fingerprint density at radius 2 is 1.97 bits per heavy atom. The molecule has 186 valence electrons. The maximum atomic E-state index is 13.6. The first-order chi connectivity index (χ1) is 16.8. The maximum absolute atomic E-state index is 13.6. The van der Waals surface area contributed by atoms with Crippen LogP contribution in [0.1, 0.15) is 52.1 Å². The number of benzene rings is 1. The average Bonchev–Trinajstić information content (AvgIpc) is 3.42. The summed E-state index contributed by atoms with van der Waals surface area (Å²) >= 11 is 0. The summed E-state index contributed by atoms with van der Waals surface area (Å²) in [6, 6.07) is 3.83. The number of amides is 3. The number of ether oxygens (including phenoxy) is 1. The molecule has 3 amide bonds. The number of hydrogen-bond acceptors (Lipinski definition) is 4. The van der Waals surface area contributed by atoms with Crippen molar-refractivity contribution in [3.05, 3.63) is 52.1 Å². The van der Waals surface area contributed by atoms with Gasteiger partial charge in [0.05, 0.1) is 18.5 Å². The van der Waals surface area contributed by atoms with E-state index in [2.05, 4.69) is 10.3 Å². The molecule has 3 aliphatic heterocycles. The first kappa shape index (κ1) is 23.5. The van der Waals surface area contributed by atoms with E-state index in [4.69, 9.17) is 4.74 Å². The van der Waals surface area contributed by atoms with Crippen molar-refractivity contribution in [2.45, 2.75) is 52.1 Å². The number of nitrogens with one attached hydrogen (secondary N) is 2. The van der Waals surface area contributed by atoms with Crippen molar-refractivity contribution < 1.29 is 23.5 Å². The van der Waals surface area contributed by atoms with Crippen LogP contribution >= 0.6 is 0 Å². The Hall–Kier alpha value is -3.20. The maximum Gasteiger partial charge on any atom is 0.254 e. The zero-order valence-electron chi connectivity index (χ0n) is 20.2. The van der Waals surface area contributed by atoms with Gasteiger partial charge in [-0.05, 0) is 68.4 Å². The van der Waals surface area contributed by atoms with Gasteiger partial charge < -0.3 is 24.8 Å². The number of hydrogen-bond donors (Lipinski definition) is 2. The lowest BCUT2D eigenvalue weighted by Gasteiger charge is -2.27. The molecule has 0 saturated carbocycles. The first-order valence-corrected chi connectivity index (χ1v) is 12.3. The summed E-state index contributed by atoms with van der Waals surface area (Å²) in [6.45, 7) is 6.77. The molecule has 2 N–H and O–H groups in total. The van der Waals surface area contributed by atoms with Crippen LogP contribution in [0.15, 0.2) is 18.2 Å². The van der Waals surface area contributed by atoms with Crippen molar-refractivity contribution in [2.24, 2.45) is 5.92 Å². The van der Waals surface area contributed by atoms with Crippen molar-refractivity contribution in [3.8, 4) is 0 Å². The third-order valence-corrected chi connectivity index (χ3v) is 7.48. The molecule has 0 radical (unpaired) electrons. The molecule has 35 heavy (non-hydrogen) atoms. The van der Waals surface area contributed by atoms with E-state index in [1.807, 2.05) is 18.7 Å². The average molecular weight is 483 g/mol. The monoisotopic (exact) mass is 482 g/mol. The van der Waals surface area contributed by atoms with Gasteiger partial charge >= 0.3 is 0 Å². The molecule has 0 aliphatic carbocycles. The van der Waals surface area contributed by atoms with Gasteiger partial charge in [0.1, 0.15) is 11.9 Å². The van der Waals surface area contributed by atoms with Gasteiger partial charge in [0.2, 0.25) is 11.8 Å². The molecule has 0 bridgehead atoms. The molecule has 9 heteroatoms. The predicted octanol–water partition coefficient (Wildman–Crippen LogP) is 2.62. The van der Waals surface area contributed by atoms with E-state index in [0.29, 0.717) is 41.4 Å². The van der Waals surface area contributed by atoms with Gasteiger partial charge in [0.15, 0.2) is 0 Å². The number of aromatic amines is 1. The smallest absolute Gasteiger partial charge is 0.254 e. The molecule has 8 nitrogen and oxygen atoms in total. The van der Waals surface area contributed by atoms with E-state index in [1.165, 1.54) is 12.1 Å². The number of rotatable bonds is 6. The summed E-state index contributed by atoms with van der Waals surface area (Å²) in [5.41, 5.74) is 4.03. The number of H-pyrrole nitrogens is 1. The number of carbonyl (C=O) groups is 3. The zero-order chi connectivity index (χ0) is 24.7. The number of carbonyl (C=O) groups excluding carboxylic acids is 3. The SMILES string of the molecule is Cc1[nH]c(CN2C(=O)Cc3cc(F)ccc32)c(C)c1C(=O)N[C@H]1CCN(CC2CCOCC2)C1=O. The molecule has 0 unspecified atom stereocenters. The molecule has 2 saturated heterocycles. The summed E-state index contributed by atoms with van der Waals surface area (Å²) in [7, 11) is 0. The Labute approximate surface area is 203 Å². The molecule has 2 aromatic rings. The Balaban J connectivity index is 1.26. The Bertz CT molecular complexity index is 1170. The van der Waals surface area contributed by atoms with E-state index in [-0.39, 0.29) is 36.5 Å². The second-order valence-corrected chi connectivity index (χ2v) is 9.81. The number of aromatic nitrogens is 1. The minimum atomic E-state index is -0.526. The summed E-state index contributed by atoms with van der Waals surface area (Å²) in [6.07, 6.45) is 2.68. The normalized spacial score (nSPS) is 20.6. The topological polar surface area (TPSA) is 94.7 Å². The number of nitrogens with zero attached hydrogens (tertiary/aromatic N) is 2. The summed E-state index contributed by atoms with van der Waals surface area (Å²) in [4.78, 5) is 45.4. The van der Waals surface area contributed by atoms with Crippen molar-refractivity contribution >= 4 is 23.4 Å². The van der Waals surface area contributed by atoms with Gasteiger partial charge in [-0.25, -0.2) is 4.39 Å². The fourth-order valence-corrected chi connectivity index (χ4v) is 5.52. The number of aryl methyl sites for hydroxylation is 1. The predicted molar refractivity (Wildman–Crippen MR) is 128 cm³/mol. The molecule has 0 spiro atoms. The largest absolute Gasteiger partial charge is 0.381 e. The van der Waals surface area contributed by atoms with Crippen LogP contribution in [-0.2, 0) is 27.3 Å². The van der Waals surface area contributed by atoms with E-state index in [1.54, 1.807) is 11.0 Å². The van der Waals surface area contributed by atoms with Gasteiger partial charge in [-0.1, -0.05) is 0 Å². The molecule has 1 aromatic carbocycles. The highest BCUT2D eigenvalue weighted by atomic mass is 19.1. The van der Waals surface area contributed by atoms with Gasteiger partial charge in [-0.2, -0.15) is 0 Å². The number of anilines is 1. The molecule has 1 aromatic heterocycles. The van der Waals surface area contributed by atoms with Crippen molar-refractivity contribution in [1.82, 2.24) is 15.2 Å². The second kappa shape index (κ2) is 9.45. The van der Waals surface area contributed by atoms with E-state index >= 15 is 0 Å². The van der Waals surface area contributed by atoms with Crippen LogP contribution < -0.4 is 10.2 Å². The van der Waals surface area contributed by atoms with Crippen LogP contribution in [0.2, 0.25) is 0 Å². The third kappa shape index (κ3) is 4.57. The Kier molecular flexibility index (Phi) is 6.35. The van der Waals surface area contributed by atoms with Gasteiger partial charge in [-0.3, -0.25) is 14.4 Å². The quantitative estimate of drug-likeness (QED) is 0.662. The summed E-state index contributed by atoms with van der Waals surface area (Å²) < 4.78 is 19.0. The lowest BCUT2D eigenvalue weighted by molar-refractivity contribution is -0.130. The highest BCUT2D eigenvalue weighted by molar-refractivity contribution is 6.02. The number of likely N-dealkylation sites (tertiary alicyclic amines) is 1. The van der Waals surface area contributed by atoms with Crippen LogP contribution in [0.25, 0.3) is 0 Å². The van der Waals surface area contributed by atoms with Crippen LogP contribution in [0, 0.1) is 25.6 Å². The fourth-order valence-electron chi connectivity index (χ4n) is 5.52. The van der Waals surface area contributed by atoms with E-state index < -0.39 is 6.04 Å². The van der Waals surface area contributed by atoms with Crippen LogP contribution in [0.4, 0.5) is 10.1 Å². The number of halogens is 1. The Morgan fingerprint density at radius 1 is 1.20 bits per heavy atom. The summed E-state index contributed by atoms with van der Waals surface area (Å²) in [5, 5.41) is 2.93. The molecule has 5 rings (SSSR count). The second-order valence-electron chi connectivity index (χ2n) is 9.81. The van der Waals surface area contributed by atoms with E-state index in [9.17, 15) is 18.8 Å². The summed E-state index contributed by atoms with van der Waals surface area (Å²) in [5.74, 6) is -0.332. The minimum absolute atomic E-state index is 0.0255. The molecule has 1 atom stereocenters. The minimum Gasteiger partial charge on any atom is -0.381 e. The standard InChI is InChI=1S/C26H31FN4O4/c1-15-21(14-31-22-4-3-19(27)11-18(22)12-23(31)32)28-16(2)24(15)25(33)29-20-5-8-30(26(20)34)13-17-6-9-35-10-7-17/h3-4,11,17,20,28H,5-10,12-14H2,1-2H3,(H,29,33)/t20-/m0/s1. The highest BCUT2D eigenvalue weighted by Gasteiger charge is 2.35. The highest BCUT2D eigenvalue weighted by Crippen LogP contribution is 2.32. The molecule has 2 fully saturated rings. The molecular formula is C26H31FN4O4. The molecule has 4 heterocycles. The van der Waals surface area contributed by atoms with E-state index in [0.717, 1.165) is 43.9 Å². The van der Waals surface area contributed by atoms with Gasteiger partial charge in [-0.15, -0.1) is 0 Å². The first-order valence-electron chi connectivity index (χ1n) is 12.3. The lowest BCUT2D eigenvalue weighted by atomic mass is 10.00. The van der Waals surface area contributed by atoms with Gasteiger partial charge in [0, 0.05) is 43.4 Å². The van der Waals surface area contributed by atoms with Crippen molar-refractivity contribution in [3.63, 3.8) is 0 Å². The van der Waals surface area contributed by atoms with Crippen LogP contribution in [0.3, 0.4) is 0 Å². The fraction of sp³-hybridized carbons (Fsp3) is 0.500. The van der Waals surface area contributed by atoms with Crippen molar-refractivity contribution in [2.75, 3.05) is 31.2 Å². The van der Waals surface area contributed by atoms with Crippen molar-refractivity contribution in [1.29, 1.82) is 0 Å². The third-order valence-electron chi connectivity index (χ3n) is 7.48.